The van der Waals surface area contributed by atoms with Crippen LogP contribution in [0, 0.1) is 0 Å². The van der Waals surface area contributed by atoms with E-state index in [1.165, 1.54) is 6.07 Å². The number of hydrogen-bond donors (Lipinski definition) is 1. The van der Waals surface area contributed by atoms with Gasteiger partial charge < -0.3 is 14.6 Å². The lowest BCUT2D eigenvalue weighted by Crippen LogP contribution is -2.45. The summed E-state index contributed by atoms with van der Waals surface area (Å²) < 4.78 is 11.6. The third kappa shape index (κ3) is 5.99. The van der Waals surface area contributed by atoms with Crippen LogP contribution in [-0.4, -0.2) is 38.2 Å². The molecule has 4 rings (SSSR count). The Hall–Kier alpha value is -4.26. The quantitative estimate of drug-likeness (QED) is 0.220. The summed E-state index contributed by atoms with van der Waals surface area (Å²) in [5.74, 6) is 1.26. The Morgan fingerprint density at radius 1 is 0.816 bits per heavy atom. The van der Waals surface area contributed by atoms with Crippen molar-refractivity contribution in [2.75, 3.05) is 6.61 Å². The number of unbranched alkanes of at least 4 members (excludes halogenated alkanes) is 1. The number of nitrogens with zero attached hydrogens (tertiary/aromatic N) is 3. The second-order valence-electron chi connectivity index (χ2n) is 8.99. The number of aromatic hydroxyl groups is 1. The molecular formula is C31H33N3O4. The second kappa shape index (κ2) is 12.3. The minimum Gasteiger partial charge on any atom is -0.507 e. The van der Waals surface area contributed by atoms with Crippen LogP contribution < -0.4 is 4.74 Å². The molecule has 0 aliphatic heterocycles. The number of hydrogen-bond acceptors (Lipinski definition) is 7. The van der Waals surface area contributed by atoms with Gasteiger partial charge in [-0.2, -0.15) is 0 Å². The molecule has 38 heavy (non-hydrogen) atoms. The molecule has 7 nitrogen and oxygen atoms in total. The van der Waals surface area contributed by atoms with Crippen LogP contribution in [0.4, 0.5) is 0 Å². The van der Waals surface area contributed by atoms with Crippen LogP contribution in [0.2, 0.25) is 0 Å². The van der Waals surface area contributed by atoms with Gasteiger partial charge in [-0.15, -0.1) is 0 Å². The van der Waals surface area contributed by atoms with E-state index in [9.17, 15) is 9.90 Å². The van der Waals surface area contributed by atoms with Gasteiger partial charge in [0.25, 0.3) is 0 Å². The molecule has 1 aromatic heterocycles. The molecule has 0 amide bonds. The van der Waals surface area contributed by atoms with E-state index in [2.05, 4.69) is 16.9 Å². The molecule has 0 saturated heterocycles. The van der Waals surface area contributed by atoms with Gasteiger partial charge in [-0.1, -0.05) is 80.9 Å². The van der Waals surface area contributed by atoms with Gasteiger partial charge in [0.1, 0.15) is 11.5 Å². The van der Waals surface area contributed by atoms with E-state index in [1.807, 2.05) is 67.6 Å². The van der Waals surface area contributed by atoms with Crippen LogP contribution in [-0.2, 0) is 9.53 Å². The average molecular weight is 512 g/mol. The molecule has 0 bridgehead atoms. The minimum atomic E-state index is -1.12. The molecule has 0 radical (unpaired) electrons. The zero-order valence-electron chi connectivity index (χ0n) is 22.1. The molecule has 4 aromatic rings. The Kier molecular flexibility index (Phi) is 8.69. The van der Waals surface area contributed by atoms with E-state index < -0.39 is 11.6 Å². The highest BCUT2D eigenvalue weighted by Gasteiger charge is 2.40. The summed E-state index contributed by atoms with van der Waals surface area (Å²) in [5.41, 5.74) is 0.992. The summed E-state index contributed by atoms with van der Waals surface area (Å²) in [6, 6.07) is 24.2. The standard InChI is InChI=1S/C31H33N3O4/c1-4-7-20-31(5-2,30(36)37-6-3)38-24-18-19-25(26(35)21-24)29-33-27(22-14-10-8-11-15-22)32-28(34-29)23-16-12-9-13-17-23/h8-19,21,35H,4-7,20H2,1-3H3. The van der Waals surface area contributed by atoms with Gasteiger partial charge in [-0.05, 0) is 38.3 Å². The predicted molar refractivity (Wildman–Crippen MR) is 148 cm³/mol. The number of phenolic OH excluding ortho intramolecular Hbond substituents is 1. The number of benzene rings is 3. The zero-order chi connectivity index (χ0) is 27.0. The summed E-state index contributed by atoms with van der Waals surface area (Å²) in [7, 11) is 0. The van der Waals surface area contributed by atoms with Crippen LogP contribution in [0.25, 0.3) is 34.2 Å². The van der Waals surface area contributed by atoms with Gasteiger partial charge in [0.05, 0.1) is 12.2 Å². The Labute approximate surface area is 223 Å². The van der Waals surface area contributed by atoms with Crippen LogP contribution in [0.3, 0.4) is 0 Å². The molecule has 0 saturated carbocycles. The zero-order valence-corrected chi connectivity index (χ0v) is 22.1. The smallest absolute Gasteiger partial charge is 0.350 e. The van der Waals surface area contributed by atoms with E-state index in [0.717, 1.165) is 24.0 Å². The maximum atomic E-state index is 12.9. The van der Waals surface area contributed by atoms with Gasteiger partial charge in [-0.3, -0.25) is 0 Å². The summed E-state index contributed by atoms with van der Waals surface area (Å²) in [6.45, 7) is 6.02. The lowest BCUT2D eigenvalue weighted by Gasteiger charge is -2.31. The molecule has 1 heterocycles. The molecule has 196 valence electrons. The summed E-state index contributed by atoms with van der Waals surface area (Å²) in [6.07, 6.45) is 2.70. The molecule has 1 N–H and O–H groups in total. The number of carbonyl (C=O) groups excluding carboxylic acids is 1. The van der Waals surface area contributed by atoms with Crippen molar-refractivity contribution < 1.29 is 19.4 Å². The third-order valence-electron chi connectivity index (χ3n) is 6.38. The Morgan fingerprint density at radius 3 is 1.89 bits per heavy atom. The minimum absolute atomic E-state index is 0.0592. The van der Waals surface area contributed by atoms with Crippen molar-refractivity contribution in [3.05, 3.63) is 78.9 Å². The van der Waals surface area contributed by atoms with Crippen molar-refractivity contribution in [2.24, 2.45) is 0 Å². The number of esters is 1. The van der Waals surface area contributed by atoms with Gasteiger partial charge in [-0.25, -0.2) is 19.7 Å². The molecule has 0 spiro atoms. The Balaban J connectivity index is 1.74. The van der Waals surface area contributed by atoms with Crippen molar-refractivity contribution in [1.29, 1.82) is 0 Å². The predicted octanol–water partition coefficient (Wildman–Crippen LogP) is 6.86. The van der Waals surface area contributed by atoms with Crippen molar-refractivity contribution in [2.45, 2.75) is 52.1 Å². The normalized spacial score (nSPS) is 12.5. The molecule has 1 unspecified atom stereocenters. The number of carbonyl (C=O) groups is 1. The van der Waals surface area contributed by atoms with E-state index in [4.69, 9.17) is 14.5 Å². The largest absolute Gasteiger partial charge is 0.507 e. The fraction of sp³-hybridized carbons (Fsp3) is 0.290. The number of phenols is 1. The van der Waals surface area contributed by atoms with Crippen molar-refractivity contribution in [3.63, 3.8) is 0 Å². The maximum Gasteiger partial charge on any atom is 0.350 e. The third-order valence-corrected chi connectivity index (χ3v) is 6.38. The number of ether oxygens (including phenoxy) is 2. The fourth-order valence-electron chi connectivity index (χ4n) is 4.23. The monoisotopic (exact) mass is 511 g/mol. The molecule has 0 fully saturated rings. The van der Waals surface area contributed by atoms with E-state index in [-0.39, 0.29) is 12.4 Å². The van der Waals surface area contributed by atoms with Gasteiger partial charge in [0.2, 0.25) is 5.60 Å². The first kappa shape index (κ1) is 26.8. The Bertz CT molecular complexity index is 1300. The highest BCUT2D eigenvalue weighted by molar-refractivity contribution is 5.80. The molecule has 1 atom stereocenters. The van der Waals surface area contributed by atoms with Crippen molar-refractivity contribution in [1.82, 2.24) is 15.0 Å². The van der Waals surface area contributed by atoms with E-state index >= 15 is 0 Å². The molecule has 3 aromatic carbocycles. The average Bonchev–Trinajstić information content (AvgIpc) is 2.96. The van der Waals surface area contributed by atoms with Gasteiger partial charge in [0.15, 0.2) is 17.5 Å². The lowest BCUT2D eigenvalue weighted by atomic mass is 9.93. The van der Waals surface area contributed by atoms with Crippen molar-refractivity contribution in [3.8, 4) is 45.7 Å². The highest BCUT2D eigenvalue weighted by atomic mass is 16.6. The van der Waals surface area contributed by atoms with Crippen LogP contribution in [0.5, 0.6) is 11.5 Å². The number of aromatic nitrogens is 3. The SMILES string of the molecule is CCCCC(CC)(Oc1ccc(-c2nc(-c3ccccc3)nc(-c3ccccc3)n2)c(O)c1)C(=O)OCC. The maximum absolute atomic E-state index is 12.9. The summed E-state index contributed by atoms with van der Waals surface area (Å²) >= 11 is 0. The van der Waals surface area contributed by atoms with Crippen LogP contribution in [0.15, 0.2) is 78.9 Å². The highest BCUT2D eigenvalue weighted by Crippen LogP contribution is 2.35. The topological polar surface area (TPSA) is 94.4 Å². The molecule has 0 aliphatic rings. The van der Waals surface area contributed by atoms with E-state index in [1.54, 1.807) is 19.1 Å². The summed E-state index contributed by atoms with van der Waals surface area (Å²) in [4.78, 5) is 26.9. The van der Waals surface area contributed by atoms with Crippen LogP contribution in [0.1, 0.15) is 46.5 Å². The number of rotatable bonds is 11. The first-order chi connectivity index (χ1) is 18.5. The lowest BCUT2D eigenvalue weighted by molar-refractivity contribution is -0.163. The van der Waals surface area contributed by atoms with Gasteiger partial charge in [0, 0.05) is 17.2 Å². The Morgan fingerprint density at radius 2 is 1.39 bits per heavy atom. The molecule has 7 heteroatoms. The fourth-order valence-corrected chi connectivity index (χ4v) is 4.23. The molecule has 0 aliphatic carbocycles. The van der Waals surface area contributed by atoms with Crippen LogP contribution >= 0.6 is 0 Å². The molecular weight excluding hydrogens is 478 g/mol. The second-order valence-corrected chi connectivity index (χ2v) is 8.99. The first-order valence-corrected chi connectivity index (χ1v) is 13.1. The van der Waals surface area contributed by atoms with E-state index in [0.29, 0.717) is 41.6 Å². The van der Waals surface area contributed by atoms with Crippen molar-refractivity contribution >= 4 is 5.97 Å². The van der Waals surface area contributed by atoms with Gasteiger partial charge >= 0.3 is 5.97 Å². The first-order valence-electron chi connectivity index (χ1n) is 13.1. The summed E-state index contributed by atoms with van der Waals surface area (Å²) in [5, 5.41) is 11.1.